The van der Waals surface area contributed by atoms with Gasteiger partial charge in [-0.15, -0.1) is 0 Å². The molecule has 1 N–H and O–H groups in total. The quantitative estimate of drug-likeness (QED) is 0.698. The molecule has 0 spiro atoms. The van der Waals surface area contributed by atoms with Gasteiger partial charge in [0.1, 0.15) is 6.54 Å². The molecule has 1 amide bonds. The van der Waals surface area contributed by atoms with Gasteiger partial charge in [-0.3, -0.25) is 9.59 Å². The summed E-state index contributed by atoms with van der Waals surface area (Å²) >= 11 is 0. The molecule has 1 heterocycles. The number of amides is 1. The molecule has 0 bridgehead atoms. The molecule has 5 nitrogen and oxygen atoms in total. The molecular formula is C14H24N2O3. The molecule has 108 valence electrons. The molecule has 0 radical (unpaired) electrons. The standard InChI is InChI=1S/C14H24N2O3/c1-2-19-14(18)10-16(12-4-5-12)13(17)6-3-11-7-8-15-9-11/h11-12,15H,2-10H2,1H3. The lowest BCUT2D eigenvalue weighted by Gasteiger charge is -2.22. The first-order chi connectivity index (χ1) is 9.20. The van der Waals surface area contributed by atoms with Gasteiger partial charge in [-0.05, 0) is 51.6 Å². The molecule has 1 saturated heterocycles. The van der Waals surface area contributed by atoms with Crippen molar-refractivity contribution in [1.29, 1.82) is 0 Å². The summed E-state index contributed by atoms with van der Waals surface area (Å²) in [6.45, 7) is 4.37. The van der Waals surface area contributed by atoms with Gasteiger partial charge in [0, 0.05) is 12.5 Å². The minimum Gasteiger partial charge on any atom is -0.465 e. The number of ether oxygens (including phenoxy) is 1. The molecule has 5 heteroatoms. The average molecular weight is 268 g/mol. The normalized spacial score (nSPS) is 22.3. The summed E-state index contributed by atoms with van der Waals surface area (Å²) in [5.41, 5.74) is 0. The Hall–Kier alpha value is -1.10. The van der Waals surface area contributed by atoms with Crippen LogP contribution in [0.3, 0.4) is 0 Å². The highest BCUT2D eigenvalue weighted by Crippen LogP contribution is 2.28. The Bertz CT molecular complexity index is 323. The number of hydrogen-bond acceptors (Lipinski definition) is 4. The maximum absolute atomic E-state index is 12.2. The number of rotatable bonds is 7. The first kappa shape index (κ1) is 14.3. The van der Waals surface area contributed by atoms with Gasteiger partial charge in [0.25, 0.3) is 0 Å². The van der Waals surface area contributed by atoms with E-state index in [0.29, 0.717) is 18.9 Å². The molecule has 0 aromatic carbocycles. The molecule has 1 unspecified atom stereocenters. The highest BCUT2D eigenvalue weighted by Gasteiger charge is 2.34. The van der Waals surface area contributed by atoms with Crippen molar-refractivity contribution < 1.29 is 14.3 Å². The zero-order valence-corrected chi connectivity index (χ0v) is 11.7. The summed E-state index contributed by atoms with van der Waals surface area (Å²) in [5, 5.41) is 3.31. The highest BCUT2D eigenvalue weighted by molar-refractivity contribution is 5.82. The maximum Gasteiger partial charge on any atom is 0.325 e. The molecular weight excluding hydrogens is 244 g/mol. The Morgan fingerprint density at radius 1 is 1.32 bits per heavy atom. The number of nitrogens with zero attached hydrogens (tertiary/aromatic N) is 1. The van der Waals surface area contributed by atoms with Gasteiger partial charge in [-0.2, -0.15) is 0 Å². The smallest absolute Gasteiger partial charge is 0.325 e. The first-order valence-electron chi connectivity index (χ1n) is 7.36. The van der Waals surface area contributed by atoms with Crippen LogP contribution in [-0.2, 0) is 14.3 Å². The van der Waals surface area contributed by atoms with Crippen molar-refractivity contribution in [1.82, 2.24) is 10.2 Å². The van der Waals surface area contributed by atoms with Crippen molar-refractivity contribution in [3.8, 4) is 0 Å². The molecule has 0 aromatic rings. The van der Waals surface area contributed by atoms with Crippen molar-refractivity contribution in [3.63, 3.8) is 0 Å². The second-order valence-electron chi connectivity index (χ2n) is 5.46. The highest BCUT2D eigenvalue weighted by atomic mass is 16.5. The minimum atomic E-state index is -0.287. The van der Waals surface area contributed by atoms with E-state index < -0.39 is 0 Å². The van der Waals surface area contributed by atoms with Gasteiger partial charge < -0.3 is 15.0 Å². The fourth-order valence-electron chi connectivity index (χ4n) is 2.58. The van der Waals surface area contributed by atoms with Crippen LogP contribution in [-0.4, -0.2) is 49.1 Å². The van der Waals surface area contributed by atoms with Crippen molar-refractivity contribution in [2.75, 3.05) is 26.2 Å². The second-order valence-corrected chi connectivity index (χ2v) is 5.46. The predicted octanol–water partition coefficient (Wildman–Crippen LogP) is 0.930. The lowest BCUT2D eigenvalue weighted by molar-refractivity contribution is -0.149. The zero-order chi connectivity index (χ0) is 13.7. The SMILES string of the molecule is CCOC(=O)CN(C(=O)CCC1CCNC1)C1CC1. The average Bonchev–Trinajstić information content (AvgIpc) is 3.09. The lowest BCUT2D eigenvalue weighted by Crippen LogP contribution is -2.38. The van der Waals surface area contributed by atoms with E-state index >= 15 is 0 Å². The first-order valence-corrected chi connectivity index (χ1v) is 7.36. The molecule has 1 aliphatic heterocycles. The van der Waals surface area contributed by atoms with Crippen LogP contribution in [0.5, 0.6) is 0 Å². The third-order valence-electron chi connectivity index (χ3n) is 3.84. The monoisotopic (exact) mass is 268 g/mol. The maximum atomic E-state index is 12.2. The van der Waals surface area contributed by atoms with E-state index in [4.69, 9.17) is 4.74 Å². The van der Waals surface area contributed by atoms with Crippen LogP contribution >= 0.6 is 0 Å². The topological polar surface area (TPSA) is 58.6 Å². The van der Waals surface area contributed by atoms with Crippen LogP contribution in [0.25, 0.3) is 0 Å². The van der Waals surface area contributed by atoms with E-state index in [2.05, 4.69) is 5.32 Å². The summed E-state index contributed by atoms with van der Waals surface area (Å²) in [4.78, 5) is 25.5. The number of esters is 1. The Kier molecular flexibility index (Phi) is 5.19. The van der Waals surface area contributed by atoms with Gasteiger partial charge in [-0.1, -0.05) is 0 Å². The van der Waals surface area contributed by atoms with Gasteiger partial charge in [0.2, 0.25) is 5.91 Å². The predicted molar refractivity (Wildman–Crippen MR) is 71.6 cm³/mol. The van der Waals surface area contributed by atoms with Gasteiger partial charge in [0.15, 0.2) is 0 Å². The Morgan fingerprint density at radius 2 is 2.11 bits per heavy atom. The molecule has 1 atom stereocenters. The molecule has 2 aliphatic rings. The third-order valence-corrected chi connectivity index (χ3v) is 3.84. The van der Waals surface area contributed by atoms with Gasteiger partial charge >= 0.3 is 5.97 Å². The Balaban J connectivity index is 1.77. The van der Waals surface area contributed by atoms with E-state index in [1.54, 1.807) is 11.8 Å². The zero-order valence-electron chi connectivity index (χ0n) is 11.7. The van der Waals surface area contributed by atoms with E-state index in [0.717, 1.165) is 38.8 Å². The van der Waals surface area contributed by atoms with E-state index in [-0.39, 0.29) is 24.5 Å². The van der Waals surface area contributed by atoms with Crippen molar-refractivity contribution >= 4 is 11.9 Å². The summed E-state index contributed by atoms with van der Waals surface area (Å²) in [7, 11) is 0. The Labute approximate surface area is 114 Å². The summed E-state index contributed by atoms with van der Waals surface area (Å²) < 4.78 is 4.94. The van der Waals surface area contributed by atoms with Crippen LogP contribution in [0.4, 0.5) is 0 Å². The Morgan fingerprint density at radius 3 is 2.68 bits per heavy atom. The summed E-state index contributed by atoms with van der Waals surface area (Å²) in [5.74, 6) is 0.445. The van der Waals surface area contributed by atoms with Crippen LogP contribution in [0.2, 0.25) is 0 Å². The third kappa shape index (κ3) is 4.49. The number of nitrogens with one attached hydrogen (secondary N) is 1. The van der Waals surface area contributed by atoms with E-state index in [1.807, 2.05) is 0 Å². The van der Waals surface area contributed by atoms with Crippen molar-refractivity contribution in [2.45, 2.75) is 45.1 Å². The number of carbonyl (C=O) groups is 2. The molecule has 2 rings (SSSR count). The fourth-order valence-corrected chi connectivity index (χ4v) is 2.58. The van der Waals surface area contributed by atoms with Crippen LogP contribution in [0, 0.1) is 5.92 Å². The largest absolute Gasteiger partial charge is 0.465 e. The van der Waals surface area contributed by atoms with E-state index in [9.17, 15) is 9.59 Å². The van der Waals surface area contributed by atoms with E-state index in [1.165, 1.54) is 0 Å². The van der Waals surface area contributed by atoms with Crippen LogP contribution in [0.15, 0.2) is 0 Å². The van der Waals surface area contributed by atoms with Crippen LogP contribution in [0.1, 0.15) is 39.0 Å². The van der Waals surface area contributed by atoms with Crippen molar-refractivity contribution in [3.05, 3.63) is 0 Å². The lowest BCUT2D eigenvalue weighted by atomic mass is 10.0. The molecule has 1 aliphatic carbocycles. The van der Waals surface area contributed by atoms with Crippen molar-refractivity contribution in [2.24, 2.45) is 5.92 Å². The number of carbonyl (C=O) groups excluding carboxylic acids is 2. The van der Waals surface area contributed by atoms with Gasteiger partial charge in [0.05, 0.1) is 6.61 Å². The van der Waals surface area contributed by atoms with Gasteiger partial charge in [-0.25, -0.2) is 0 Å². The van der Waals surface area contributed by atoms with Crippen LogP contribution < -0.4 is 5.32 Å². The second kappa shape index (κ2) is 6.89. The molecule has 0 aromatic heterocycles. The summed E-state index contributed by atoms with van der Waals surface area (Å²) in [6.07, 6.45) is 4.70. The molecule has 19 heavy (non-hydrogen) atoms. The molecule has 2 fully saturated rings. The minimum absolute atomic E-state index is 0.113. The molecule has 1 saturated carbocycles. The fraction of sp³-hybridized carbons (Fsp3) is 0.857. The summed E-state index contributed by atoms with van der Waals surface area (Å²) in [6, 6.07) is 0.276. The number of hydrogen-bond donors (Lipinski definition) is 1.